The summed E-state index contributed by atoms with van der Waals surface area (Å²) in [7, 11) is 1.98. The van der Waals surface area contributed by atoms with Gasteiger partial charge in [0.15, 0.2) is 0 Å². The fraction of sp³-hybridized carbons (Fsp3) is 0.538. The van der Waals surface area contributed by atoms with E-state index in [-0.39, 0.29) is 12.4 Å². The van der Waals surface area contributed by atoms with Crippen molar-refractivity contribution in [2.75, 3.05) is 18.5 Å². The Bertz CT molecular complexity index is 337. The van der Waals surface area contributed by atoms with Crippen LogP contribution in [0.15, 0.2) is 18.2 Å². The maximum absolute atomic E-state index is 13.5. The minimum atomic E-state index is -0.212. The predicted octanol–water partition coefficient (Wildman–Crippen LogP) is 2.77. The summed E-state index contributed by atoms with van der Waals surface area (Å²) in [6.45, 7) is 5.54. The van der Waals surface area contributed by atoms with Crippen LogP contribution in [-0.2, 0) is 6.54 Å². The maximum atomic E-state index is 13.5. The molecule has 1 rings (SSSR count). The zero-order valence-corrected chi connectivity index (χ0v) is 10.3. The van der Waals surface area contributed by atoms with Crippen molar-refractivity contribution < 1.29 is 4.39 Å². The van der Waals surface area contributed by atoms with E-state index in [1.165, 1.54) is 6.07 Å². The van der Waals surface area contributed by atoms with Crippen molar-refractivity contribution in [2.24, 2.45) is 11.7 Å². The third-order valence-corrected chi connectivity index (χ3v) is 2.75. The fourth-order valence-corrected chi connectivity index (χ4v) is 1.68. The van der Waals surface area contributed by atoms with Gasteiger partial charge in [0.25, 0.3) is 0 Å². The van der Waals surface area contributed by atoms with Crippen LogP contribution < -0.4 is 10.6 Å². The molecule has 1 aromatic carbocycles. The van der Waals surface area contributed by atoms with Crippen LogP contribution in [0, 0.1) is 11.7 Å². The van der Waals surface area contributed by atoms with E-state index in [4.69, 9.17) is 5.73 Å². The molecule has 0 saturated heterocycles. The van der Waals surface area contributed by atoms with Crippen LogP contribution in [0.25, 0.3) is 0 Å². The zero-order valence-electron chi connectivity index (χ0n) is 10.3. The summed E-state index contributed by atoms with van der Waals surface area (Å²) in [6.07, 6.45) is 1.09. The van der Waals surface area contributed by atoms with E-state index in [9.17, 15) is 4.39 Å². The highest BCUT2D eigenvalue weighted by Crippen LogP contribution is 2.22. The first-order chi connectivity index (χ1) is 7.56. The van der Waals surface area contributed by atoms with Gasteiger partial charge in [0.2, 0.25) is 0 Å². The molecular formula is C13H21FN2. The Kier molecular flexibility index (Phi) is 4.74. The van der Waals surface area contributed by atoms with Gasteiger partial charge >= 0.3 is 0 Å². The molecule has 3 heteroatoms. The Labute approximate surface area is 97.3 Å². The van der Waals surface area contributed by atoms with Gasteiger partial charge in [-0.25, -0.2) is 4.39 Å². The monoisotopic (exact) mass is 224 g/mol. The van der Waals surface area contributed by atoms with E-state index in [1.54, 1.807) is 6.07 Å². The summed E-state index contributed by atoms with van der Waals surface area (Å²) in [5, 5.41) is 0. The van der Waals surface area contributed by atoms with E-state index in [0.29, 0.717) is 11.5 Å². The normalized spacial score (nSPS) is 10.9. The quantitative estimate of drug-likeness (QED) is 0.833. The second kappa shape index (κ2) is 5.85. The number of benzene rings is 1. The van der Waals surface area contributed by atoms with Gasteiger partial charge in [-0.3, -0.25) is 0 Å². The number of nitrogens with zero attached hydrogens (tertiary/aromatic N) is 1. The number of hydrogen-bond donors (Lipinski definition) is 1. The lowest BCUT2D eigenvalue weighted by Crippen LogP contribution is -2.22. The Morgan fingerprint density at radius 1 is 1.38 bits per heavy atom. The summed E-state index contributed by atoms with van der Waals surface area (Å²) in [5.41, 5.74) is 7.09. The van der Waals surface area contributed by atoms with Crippen molar-refractivity contribution >= 4 is 5.69 Å². The highest BCUT2D eigenvalue weighted by atomic mass is 19.1. The molecule has 0 radical (unpaired) electrons. The van der Waals surface area contributed by atoms with Gasteiger partial charge in [0.05, 0.1) is 0 Å². The molecule has 0 amide bonds. The first-order valence-electron chi connectivity index (χ1n) is 5.74. The van der Waals surface area contributed by atoms with Crippen molar-refractivity contribution in [1.29, 1.82) is 0 Å². The minimum absolute atomic E-state index is 0.212. The standard InChI is InChI=1S/C13H21FN2/c1-10(2)7-8-16(3)13-6-4-5-12(14)11(13)9-15/h4-6,10H,7-9,15H2,1-3H3. The lowest BCUT2D eigenvalue weighted by atomic mass is 10.1. The van der Waals surface area contributed by atoms with Crippen molar-refractivity contribution in [2.45, 2.75) is 26.8 Å². The average molecular weight is 224 g/mol. The van der Waals surface area contributed by atoms with Crippen molar-refractivity contribution in [3.05, 3.63) is 29.6 Å². The van der Waals surface area contributed by atoms with Gasteiger partial charge in [-0.2, -0.15) is 0 Å². The number of rotatable bonds is 5. The van der Waals surface area contributed by atoms with Crippen molar-refractivity contribution in [3.8, 4) is 0 Å². The van der Waals surface area contributed by atoms with Crippen LogP contribution in [0.4, 0.5) is 10.1 Å². The SMILES string of the molecule is CC(C)CCN(C)c1cccc(F)c1CN. The first kappa shape index (κ1) is 13.0. The van der Waals surface area contributed by atoms with E-state index in [0.717, 1.165) is 18.7 Å². The average Bonchev–Trinajstić information content (AvgIpc) is 2.25. The van der Waals surface area contributed by atoms with Gasteiger partial charge in [0.1, 0.15) is 5.82 Å². The molecular weight excluding hydrogens is 203 g/mol. The molecule has 0 aliphatic carbocycles. The molecule has 2 N–H and O–H groups in total. The Morgan fingerprint density at radius 2 is 2.06 bits per heavy atom. The predicted molar refractivity (Wildman–Crippen MR) is 67.0 cm³/mol. The number of nitrogens with two attached hydrogens (primary N) is 1. The molecule has 0 aliphatic heterocycles. The molecule has 0 spiro atoms. The van der Waals surface area contributed by atoms with E-state index < -0.39 is 0 Å². The largest absolute Gasteiger partial charge is 0.374 e. The Balaban J connectivity index is 2.82. The molecule has 1 aromatic rings. The highest BCUT2D eigenvalue weighted by Gasteiger charge is 2.10. The topological polar surface area (TPSA) is 29.3 Å². The first-order valence-corrected chi connectivity index (χ1v) is 5.74. The molecule has 0 unspecified atom stereocenters. The molecule has 0 atom stereocenters. The van der Waals surface area contributed by atoms with Gasteiger partial charge in [-0.05, 0) is 24.5 Å². The summed E-state index contributed by atoms with van der Waals surface area (Å²) >= 11 is 0. The third-order valence-electron chi connectivity index (χ3n) is 2.75. The van der Waals surface area contributed by atoms with Crippen LogP contribution in [0.5, 0.6) is 0 Å². The molecule has 0 aliphatic rings. The summed E-state index contributed by atoms with van der Waals surface area (Å²) in [4.78, 5) is 2.07. The Morgan fingerprint density at radius 3 is 2.62 bits per heavy atom. The van der Waals surface area contributed by atoms with Crippen LogP contribution in [0.1, 0.15) is 25.8 Å². The molecule has 0 fully saturated rings. The van der Waals surface area contributed by atoms with Crippen LogP contribution in [-0.4, -0.2) is 13.6 Å². The van der Waals surface area contributed by atoms with Crippen molar-refractivity contribution in [3.63, 3.8) is 0 Å². The highest BCUT2D eigenvalue weighted by molar-refractivity contribution is 5.53. The summed E-state index contributed by atoms with van der Waals surface area (Å²) in [5.74, 6) is 0.439. The Hall–Kier alpha value is -1.09. The molecule has 90 valence electrons. The molecule has 0 heterocycles. The van der Waals surface area contributed by atoms with E-state index >= 15 is 0 Å². The molecule has 0 bridgehead atoms. The summed E-state index contributed by atoms with van der Waals surface area (Å²) < 4.78 is 13.5. The molecule has 16 heavy (non-hydrogen) atoms. The lowest BCUT2D eigenvalue weighted by Gasteiger charge is -2.23. The van der Waals surface area contributed by atoms with Gasteiger partial charge < -0.3 is 10.6 Å². The van der Waals surface area contributed by atoms with E-state index in [1.807, 2.05) is 13.1 Å². The van der Waals surface area contributed by atoms with E-state index in [2.05, 4.69) is 18.7 Å². The third kappa shape index (κ3) is 3.20. The smallest absolute Gasteiger partial charge is 0.129 e. The second-order valence-corrected chi connectivity index (χ2v) is 4.55. The second-order valence-electron chi connectivity index (χ2n) is 4.55. The summed E-state index contributed by atoms with van der Waals surface area (Å²) in [6, 6.07) is 5.11. The minimum Gasteiger partial charge on any atom is -0.374 e. The lowest BCUT2D eigenvalue weighted by molar-refractivity contribution is 0.581. The van der Waals surface area contributed by atoms with Crippen molar-refractivity contribution in [1.82, 2.24) is 0 Å². The van der Waals surface area contributed by atoms with Crippen LogP contribution in [0.2, 0.25) is 0 Å². The maximum Gasteiger partial charge on any atom is 0.129 e. The number of hydrogen-bond acceptors (Lipinski definition) is 2. The van der Waals surface area contributed by atoms with Gasteiger partial charge in [-0.15, -0.1) is 0 Å². The van der Waals surface area contributed by atoms with Crippen LogP contribution in [0.3, 0.4) is 0 Å². The fourth-order valence-electron chi connectivity index (χ4n) is 1.68. The van der Waals surface area contributed by atoms with Gasteiger partial charge in [0, 0.05) is 31.4 Å². The van der Waals surface area contributed by atoms with Crippen LogP contribution >= 0.6 is 0 Å². The molecule has 2 nitrogen and oxygen atoms in total. The number of halogens is 1. The molecule has 0 aromatic heterocycles. The van der Waals surface area contributed by atoms with Gasteiger partial charge in [-0.1, -0.05) is 19.9 Å². The molecule has 0 saturated carbocycles. The zero-order chi connectivity index (χ0) is 12.1. The number of anilines is 1.